The highest BCUT2D eigenvalue weighted by Gasteiger charge is 2.38. The van der Waals surface area contributed by atoms with E-state index < -0.39 is 0 Å². The van der Waals surface area contributed by atoms with Crippen molar-refractivity contribution in [1.29, 1.82) is 0 Å². The molecule has 2 fully saturated rings. The first-order valence-electron chi connectivity index (χ1n) is 15.7. The Labute approximate surface area is 254 Å². The second-order valence-electron chi connectivity index (χ2n) is 12.5. The minimum Gasteiger partial charge on any atom is -0.355 e. The fraction of sp³-hybridized carbons (Fsp3) is 0.655. The van der Waals surface area contributed by atoms with Crippen LogP contribution < -0.4 is 31.7 Å². The zero-order chi connectivity index (χ0) is 31.3. The van der Waals surface area contributed by atoms with Gasteiger partial charge in [0.15, 0.2) is 25.1 Å². The van der Waals surface area contributed by atoms with Crippen molar-refractivity contribution < 1.29 is 18.6 Å². The molecule has 0 radical (unpaired) electrons. The van der Waals surface area contributed by atoms with Gasteiger partial charge in [-0.1, -0.05) is 37.7 Å². The highest BCUT2D eigenvalue weighted by Crippen LogP contribution is 2.33. The Morgan fingerprint density at radius 2 is 1.25 bits per heavy atom. The summed E-state index contributed by atoms with van der Waals surface area (Å²) in [4.78, 5) is 42.4. The zero-order valence-corrected chi connectivity index (χ0v) is 26.2. The number of imidazole rings is 2. The van der Waals surface area contributed by atoms with E-state index in [-0.39, 0.29) is 47.7 Å². The molecule has 6 heterocycles. The smallest absolute Gasteiger partial charge is 0.313 e. The van der Waals surface area contributed by atoms with Gasteiger partial charge in [-0.15, -0.1) is 0 Å². The van der Waals surface area contributed by atoms with Crippen molar-refractivity contribution in [1.82, 2.24) is 34.0 Å². The number of nitrogens with two attached hydrogens (primary N) is 2. The van der Waals surface area contributed by atoms with E-state index in [1.54, 1.807) is 0 Å². The largest absolute Gasteiger partial charge is 0.355 e. The predicted octanol–water partition coefficient (Wildman–Crippen LogP) is 0.801. The summed E-state index contributed by atoms with van der Waals surface area (Å²) in [7, 11) is 2.02. The third-order valence-electron chi connectivity index (χ3n) is 9.33. The van der Waals surface area contributed by atoms with Crippen LogP contribution in [0.15, 0.2) is 22.2 Å². The minimum absolute atomic E-state index is 0.0781. The van der Waals surface area contributed by atoms with Crippen molar-refractivity contribution in [2.45, 2.75) is 91.1 Å². The van der Waals surface area contributed by atoms with Crippen LogP contribution in [0.5, 0.6) is 0 Å². The number of rotatable bonds is 10. The monoisotopic (exact) mass is 611 g/mol. The number of likely N-dealkylation sites (N-methyl/N-ethyl adjacent to an activating group) is 1. The molecule has 0 bridgehead atoms. The lowest BCUT2D eigenvalue weighted by atomic mass is 10.0. The molecule has 44 heavy (non-hydrogen) atoms. The Morgan fingerprint density at radius 3 is 1.61 bits per heavy atom. The summed E-state index contributed by atoms with van der Waals surface area (Å²) in [5.41, 5.74) is 13.3. The number of nitrogen functional groups attached to an aromatic ring is 2. The fourth-order valence-electron chi connectivity index (χ4n) is 6.85. The summed E-state index contributed by atoms with van der Waals surface area (Å²) < 4.78 is 20.4. The third kappa shape index (κ3) is 5.48. The van der Waals surface area contributed by atoms with Crippen LogP contribution in [0.4, 0.5) is 11.9 Å². The van der Waals surface area contributed by atoms with Crippen LogP contribution in [0.2, 0.25) is 0 Å². The maximum absolute atomic E-state index is 13.0. The van der Waals surface area contributed by atoms with Crippen molar-refractivity contribution in [2.24, 2.45) is 11.8 Å². The average molecular weight is 612 g/mol. The molecule has 2 aliphatic rings. The van der Waals surface area contributed by atoms with E-state index >= 15 is 0 Å². The van der Waals surface area contributed by atoms with E-state index in [1.165, 1.54) is 0 Å². The van der Waals surface area contributed by atoms with Crippen molar-refractivity contribution in [3.63, 3.8) is 0 Å². The summed E-state index contributed by atoms with van der Waals surface area (Å²) >= 11 is 0. The van der Waals surface area contributed by atoms with E-state index in [0.717, 1.165) is 25.7 Å². The summed E-state index contributed by atoms with van der Waals surface area (Å²) in [5.74, 6) is 0.962. The van der Waals surface area contributed by atoms with Gasteiger partial charge in [0.25, 0.3) is 23.0 Å². The number of nitrogens with one attached hydrogen (secondary N) is 2. The van der Waals surface area contributed by atoms with E-state index in [9.17, 15) is 9.59 Å². The lowest BCUT2D eigenvalue weighted by Gasteiger charge is -2.15. The van der Waals surface area contributed by atoms with Crippen molar-refractivity contribution >= 4 is 34.2 Å². The van der Waals surface area contributed by atoms with Gasteiger partial charge in [0.1, 0.15) is 0 Å². The second kappa shape index (κ2) is 11.9. The molecule has 6 N–H and O–H groups in total. The molecule has 238 valence electrons. The number of H-pyrrole nitrogens is 2. The summed E-state index contributed by atoms with van der Waals surface area (Å²) in [6.07, 6.45) is 7.27. The molecule has 2 aliphatic heterocycles. The van der Waals surface area contributed by atoms with Crippen molar-refractivity contribution in [3.8, 4) is 0 Å². The molecule has 2 unspecified atom stereocenters. The summed E-state index contributed by atoms with van der Waals surface area (Å²) in [6, 6.07) is 0. The SMILES string of the molecule is CC[C@H]1O[C@@H]([n+]2cn(CCN(C)CCn3c[n+]([C@H]4CC(C)[C@@H](CC)O4)c4nc(N)[nH]c(=O)c43)c3c(=O)[nH]c(N)nc32)CC1C. The fourth-order valence-corrected chi connectivity index (χ4v) is 6.85. The molecular weight excluding hydrogens is 566 g/mol. The highest BCUT2D eigenvalue weighted by molar-refractivity contribution is 5.68. The number of aromatic amines is 2. The van der Waals surface area contributed by atoms with Gasteiger partial charge >= 0.3 is 11.3 Å². The van der Waals surface area contributed by atoms with Gasteiger partial charge in [-0.2, -0.15) is 0 Å². The molecule has 6 atom stereocenters. The van der Waals surface area contributed by atoms with Crippen LogP contribution in [0.1, 0.15) is 65.8 Å². The van der Waals surface area contributed by atoms with Crippen molar-refractivity contribution in [3.05, 3.63) is 33.4 Å². The Kier molecular flexibility index (Phi) is 8.20. The molecular formula is C29H45N11O4+2. The number of hydrogen-bond donors (Lipinski definition) is 4. The van der Waals surface area contributed by atoms with Gasteiger partial charge < -0.3 is 25.8 Å². The molecule has 2 saturated heterocycles. The third-order valence-corrected chi connectivity index (χ3v) is 9.33. The summed E-state index contributed by atoms with van der Waals surface area (Å²) in [5, 5.41) is 0. The van der Waals surface area contributed by atoms with Gasteiger partial charge in [0.2, 0.25) is 11.0 Å². The molecule has 0 saturated carbocycles. The maximum atomic E-state index is 13.0. The summed E-state index contributed by atoms with van der Waals surface area (Å²) in [6.45, 7) is 11.0. The van der Waals surface area contributed by atoms with E-state index in [0.29, 0.717) is 60.3 Å². The predicted molar refractivity (Wildman–Crippen MR) is 163 cm³/mol. The highest BCUT2D eigenvalue weighted by atomic mass is 16.5. The van der Waals surface area contributed by atoms with Crippen LogP contribution in [0.25, 0.3) is 22.3 Å². The maximum Gasteiger partial charge on any atom is 0.313 e. The number of aromatic nitrogens is 8. The van der Waals surface area contributed by atoms with Crippen LogP contribution in [0, 0.1) is 11.8 Å². The molecule has 6 rings (SSSR count). The molecule has 0 spiro atoms. The van der Waals surface area contributed by atoms with Gasteiger partial charge in [-0.3, -0.25) is 28.7 Å². The Morgan fingerprint density at radius 1 is 0.841 bits per heavy atom. The number of fused-ring (bicyclic) bond motifs is 2. The van der Waals surface area contributed by atoms with E-state index in [2.05, 4.69) is 52.5 Å². The standard InChI is InChI=1S/C29H43N11O4/c1-6-18-16(3)12-20(43-18)39-14-37(22-24(39)32-28(30)34-26(22)41)10-8-36(5)9-11-38-15-40(21-13-17(4)19(7-2)44-21)25-23(38)27(42)35-29(31)33-25/h14-21H,6-13H2,1-5H3,(H4-2,30,31,32,33,34,35,41,42)/p+2/t16?,17?,18-,19-,20-,21-/m1/s1. The molecule has 15 nitrogen and oxygen atoms in total. The average Bonchev–Trinajstić information content (AvgIpc) is 3.73. The van der Waals surface area contributed by atoms with E-state index in [1.807, 2.05) is 38.0 Å². The van der Waals surface area contributed by atoms with Crippen LogP contribution in [-0.2, 0) is 22.6 Å². The van der Waals surface area contributed by atoms with Crippen LogP contribution in [-0.4, -0.2) is 66.3 Å². The Balaban J connectivity index is 1.20. The first-order valence-corrected chi connectivity index (χ1v) is 15.7. The number of ether oxygens (including phenoxy) is 2. The molecule has 0 amide bonds. The quantitative estimate of drug-likeness (QED) is 0.189. The topological polar surface area (TPSA) is 183 Å². The van der Waals surface area contributed by atoms with E-state index in [4.69, 9.17) is 20.9 Å². The Bertz CT molecular complexity index is 1650. The molecule has 15 heteroatoms. The van der Waals surface area contributed by atoms with Gasteiger partial charge in [0.05, 0.1) is 25.3 Å². The number of hydrogen-bond acceptors (Lipinski definition) is 9. The minimum atomic E-state index is -0.282. The molecule has 4 aromatic heterocycles. The van der Waals surface area contributed by atoms with Gasteiger partial charge in [0, 0.05) is 25.9 Å². The molecule has 4 aromatic rings. The number of anilines is 2. The van der Waals surface area contributed by atoms with Crippen LogP contribution >= 0.6 is 0 Å². The Hall–Kier alpha value is -3.82. The lowest BCUT2D eigenvalue weighted by molar-refractivity contribution is -0.739. The second-order valence-corrected chi connectivity index (χ2v) is 12.5. The first kappa shape index (κ1) is 30.2. The van der Waals surface area contributed by atoms with Gasteiger partial charge in [-0.25, -0.2) is 9.13 Å². The van der Waals surface area contributed by atoms with Gasteiger partial charge in [-0.05, 0) is 31.7 Å². The lowest BCUT2D eigenvalue weighted by Crippen LogP contribution is -2.39. The molecule has 0 aromatic carbocycles. The van der Waals surface area contributed by atoms with Crippen LogP contribution in [0.3, 0.4) is 0 Å². The number of nitrogens with zero attached hydrogens (tertiary/aromatic N) is 7. The normalized spacial score (nSPS) is 25.7. The first-order chi connectivity index (χ1) is 21.1. The zero-order valence-electron chi connectivity index (χ0n) is 26.2. The van der Waals surface area contributed by atoms with Crippen molar-refractivity contribution in [2.75, 3.05) is 31.6 Å². The molecule has 0 aliphatic carbocycles.